The number of urea groups is 1. The van der Waals surface area contributed by atoms with Gasteiger partial charge in [-0.3, -0.25) is 19.5 Å². The van der Waals surface area contributed by atoms with Gasteiger partial charge in [-0.25, -0.2) is 9.78 Å². The van der Waals surface area contributed by atoms with E-state index in [-0.39, 0.29) is 5.56 Å². The minimum Gasteiger partial charge on any atom is -0.338 e. The van der Waals surface area contributed by atoms with Crippen LogP contribution in [0.1, 0.15) is 30.7 Å². The molecule has 0 radical (unpaired) electrons. The molecule has 3 amide bonds. The average molecular weight is 380 g/mol. The molecule has 0 aromatic carbocycles. The zero-order chi connectivity index (χ0) is 18.1. The van der Waals surface area contributed by atoms with Gasteiger partial charge < -0.3 is 5.32 Å². The molecular weight excluding hydrogens is 360 g/mol. The van der Waals surface area contributed by atoms with Crippen molar-refractivity contribution in [1.29, 1.82) is 0 Å². The number of thiophene rings is 1. The molecule has 1 atom stereocenters. The Morgan fingerprint density at radius 1 is 1.40 bits per heavy atom. The lowest BCUT2D eigenvalue weighted by Gasteiger charge is -2.13. The molecule has 3 rings (SSSR count). The van der Waals surface area contributed by atoms with Crippen LogP contribution in [0.25, 0.3) is 10.2 Å². The topological polar surface area (TPSA) is 93.1 Å². The number of hydrogen-bond acceptors (Lipinski definition) is 6. The number of carbonyl (C=O) groups is 2. The van der Waals surface area contributed by atoms with Crippen molar-refractivity contribution in [2.75, 3.05) is 6.54 Å². The van der Waals surface area contributed by atoms with Crippen LogP contribution in [0.2, 0.25) is 0 Å². The largest absolute Gasteiger partial charge is 0.338 e. The Morgan fingerprint density at radius 3 is 2.88 bits per heavy atom. The summed E-state index contributed by atoms with van der Waals surface area (Å²) in [6, 6.07) is -0.521. The van der Waals surface area contributed by atoms with Gasteiger partial charge in [0.25, 0.3) is 5.56 Å². The number of aromatic nitrogens is 2. The lowest BCUT2D eigenvalue weighted by atomic mass is 10.2. The highest BCUT2D eigenvalue weighted by atomic mass is 32.2. The number of rotatable bonds is 4. The predicted molar refractivity (Wildman–Crippen MR) is 99.4 cm³/mol. The van der Waals surface area contributed by atoms with E-state index in [9.17, 15) is 14.4 Å². The molecule has 2 N–H and O–H groups in total. The average Bonchev–Trinajstić information content (AvgIpc) is 3.12. The number of fused-ring (bicyclic) bond motifs is 3. The molecule has 1 aliphatic carbocycles. The highest BCUT2D eigenvalue weighted by Gasteiger charge is 2.24. The first-order valence-corrected chi connectivity index (χ1v) is 9.88. The maximum Gasteiger partial charge on any atom is 0.321 e. The summed E-state index contributed by atoms with van der Waals surface area (Å²) in [5, 5.41) is 5.45. The summed E-state index contributed by atoms with van der Waals surface area (Å²) < 4.78 is 1.49. The Hall–Kier alpha value is -1.87. The van der Waals surface area contributed by atoms with E-state index in [4.69, 9.17) is 0 Å². The minimum absolute atomic E-state index is 0.0664. The first-order valence-electron chi connectivity index (χ1n) is 8.19. The van der Waals surface area contributed by atoms with Crippen LogP contribution in [-0.4, -0.2) is 33.3 Å². The molecule has 1 aliphatic rings. The molecule has 0 aliphatic heterocycles. The molecule has 7 nitrogen and oxygen atoms in total. The third-order valence-corrected chi connectivity index (χ3v) is 6.46. The number of hydrogen-bond donors (Lipinski definition) is 2. The zero-order valence-corrected chi connectivity index (χ0v) is 16.0. The lowest BCUT2D eigenvalue weighted by molar-refractivity contribution is -0.119. The van der Waals surface area contributed by atoms with Crippen molar-refractivity contribution in [3.63, 3.8) is 0 Å². The Morgan fingerprint density at radius 2 is 2.16 bits per heavy atom. The van der Waals surface area contributed by atoms with Crippen molar-refractivity contribution in [1.82, 2.24) is 20.2 Å². The van der Waals surface area contributed by atoms with E-state index >= 15 is 0 Å². The minimum atomic E-state index is -0.551. The second kappa shape index (κ2) is 7.17. The van der Waals surface area contributed by atoms with Gasteiger partial charge in [0.15, 0.2) is 5.16 Å². The Balaban J connectivity index is 1.84. The Kier molecular flexibility index (Phi) is 5.14. The Bertz CT molecular complexity index is 903. The van der Waals surface area contributed by atoms with Gasteiger partial charge in [-0.1, -0.05) is 11.8 Å². The molecular formula is C16H20N4O3S2. The van der Waals surface area contributed by atoms with Crippen LogP contribution in [0.5, 0.6) is 0 Å². The van der Waals surface area contributed by atoms with Crippen molar-refractivity contribution in [3.05, 3.63) is 20.8 Å². The smallest absolute Gasteiger partial charge is 0.321 e. The van der Waals surface area contributed by atoms with E-state index in [0.29, 0.717) is 11.7 Å². The van der Waals surface area contributed by atoms with E-state index in [0.717, 1.165) is 35.0 Å². The van der Waals surface area contributed by atoms with Gasteiger partial charge in [0.2, 0.25) is 5.91 Å². The van der Waals surface area contributed by atoms with Crippen LogP contribution in [0.4, 0.5) is 4.79 Å². The van der Waals surface area contributed by atoms with Crippen molar-refractivity contribution < 1.29 is 9.59 Å². The first kappa shape index (κ1) is 17.9. The molecule has 134 valence electrons. The number of amides is 3. The van der Waals surface area contributed by atoms with Crippen molar-refractivity contribution in [2.24, 2.45) is 7.05 Å². The highest BCUT2D eigenvalue weighted by molar-refractivity contribution is 8.00. The van der Waals surface area contributed by atoms with Crippen LogP contribution in [0.3, 0.4) is 0 Å². The van der Waals surface area contributed by atoms with Crippen LogP contribution < -0.4 is 16.2 Å². The third-order valence-electron chi connectivity index (χ3n) is 4.13. The second-order valence-electron chi connectivity index (χ2n) is 5.90. The maximum absolute atomic E-state index is 12.7. The number of nitrogens with one attached hydrogen (secondary N) is 2. The normalized spacial score (nSPS) is 14.4. The van der Waals surface area contributed by atoms with Crippen molar-refractivity contribution >= 4 is 45.3 Å². The standard InChI is InChI=1S/C16H20N4O3S2/c1-4-17-15(23)18-12(21)8(2)24-16-19-13-11(14(22)20(16)3)9-6-5-7-10(9)25-13/h8H,4-7H2,1-3H3,(H2,17,18,21,23)/t8-/m1/s1. The molecule has 2 aromatic heterocycles. The van der Waals surface area contributed by atoms with Crippen LogP contribution >= 0.6 is 23.1 Å². The zero-order valence-electron chi connectivity index (χ0n) is 14.3. The van der Waals surface area contributed by atoms with Gasteiger partial charge in [0.05, 0.1) is 10.6 Å². The van der Waals surface area contributed by atoms with Gasteiger partial charge >= 0.3 is 6.03 Å². The number of imide groups is 1. The number of aryl methyl sites for hydroxylation is 2. The van der Waals surface area contributed by atoms with Crippen molar-refractivity contribution in [2.45, 2.75) is 43.5 Å². The number of nitrogens with zero attached hydrogens (tertiary/aromatic N) is 2. The molecule has 2 heterocycles. The molecule has 25 heavy (non-hydrogen) atoms. The van der Waals surface area contributed by atoms with Crippen LogP contribution in [0, 0.1) is 0 Å². The summed E-state index contributed by atoms with van der Waals surface area (Å²) in [5.74, 6) is -0.418. The van der Waals surface area contributed by atoms with Crippen LogP contribution in [0.15, 0.2) is 9.95 Å². The summed E-state index contributed by atoms with van der Waals surface area (Å²) >= 11 is 2.75. The molecule has 0 bridgehead atoms. The summed E-state index contributed by atoms with van der Waals surface area (Å²) in [7, 11) is 1.67. The summed E-state index contributed by atoms with van der Waals surface area (Å²) in [6.07, 6.45) is 3.03. The molecule has 2 aromatic rings. The fourth-order valence-electron chi connectivity index (χ4n) is 2.84. The van der Waals surface area contributed by atoms with Gasteiger partial charge in [-0.05, 0) is 38.7 Å². The first-order chi connectivity index (χ1) is 11.9. The molecule has 0 fully saturated rings. The quantitative estimate of drug-likeness (QED) is 0.623. The summed E-state index contributed by atoms with van der Waals surface area (Å²) in [5.41, 5.74) is 1.08. The van der Waals surface area contributed by atoms with E-state index in [1.54, 1.807) is 32.2 Å². The molecule has 0 saturated heterocycles. The fraction of sp³-hybridized carbons (Fsp3) is 0.500. The SMILES string of the molecule is CCNC(=O)NC(=O)[C@@H](C)Sc1nc2sc3c(c2c(=O)n1C)CCC3. The highest BCUT2D eigenvalue weighted by Crippen LogP contribution is 2.35. The maximum atomic E-state index is 12.7. The molecule has 0 spiro atoms. The van der Waals surface area contributed by atoms with E-state index in [1.807, 2.05) is 0 Å². The van der Waals surface area contributed by atoms with Crippen LogP contribution in [-0.2, 0) is 24.7 Å². The van der Waals surface area contributed by atoms with Gasteiger partial charge in [-0.2, -0.15) is 0 Å². The van der Waals surface area contributed by atoms with E-state index < -0.39 is 17.2 Å². The second-order valence-corrected chi connectivity index (χ2v) is 8.30. The third kappa shape index (κ3) is 3.43. The van der Waals surface area contributed by atoms with Gasteiger partial charge in [0.1, 0.15) is 4.83 Å². The molecule has 9 heteroatoms. The number of thioether (sulfide) groups is 1. The fourth-order valence-corrected chi connectivity index (χ4v) is 5.02. The predicted octanol–water partition coefficient (Wildman–Crippen LogP) is 1.81. The monoisotopic (exact) mass is 380 g/mol. The van der Waals surface area contributed by atoms with Gasteiger partial charge in [0, 0.05) is 18.5 Å². The molecule has 0 unspecified atom stereocenters. The molecule has 0 saturated carbocycles. The summed E-state index contributed by atoms with van der Waals surface area (Å²) in [6.45, 7) is 3.90. The van der Waals surface area contributed by atoms with E-state index in [1.165, 1.54) is 21.2 Å². The van der Waals surface area contributed by atoms with Crippen molar-refractivity contribution in [3.8, 4) is 0 Å². The van der Waals surface area contributed by atoms with Gasteiger partial charge in [-0.15, -0.1) is 11.3 Å². The Labute approximate surface area is 153 Å². The lowest BCUT2D eigenvalue weighted by Crippen LogP contribution is -2.42. The van der Waals surface area contributed by atoms with E-state index in [2.05, 4.69) is 15.6 Å². The number of carbonyl (C=O) groups excluding carboxylic acids is 2. The summed E-state index contributed by atoms with van der Waals surface area (Å²) in [4.78, 5) is 42.9.